The molecule has 0 aliphatic carbocycles. The molecule has 0 unspecified atom stereocenters. The van der Waals surface area contributed by atoms with E-state index in [2.05, 4.69) is 24.4 Å². The van der Waals surface area contributed by atoms with Crippen LogP contribution in [0.3, 0.4) is 0 Å². The van der Waals surface area contributed by atoms with Gasteiger partial charge in [-0.1, -0.05) is 65.7 Å². The Morgan fingerprint density at radius 3 is 1.80 bits per heavy atom. The van der Waals surface area contributed by atoms with Crippen LogP contribution in [0.4, 0.5) is 4.79 Å². The number of rotatable bonds is 2. The van der Waals surface area contributed by atoms with Crippen molar-refractivity contribution in [2.45, 2.75) is 33.3 Å². The van der Waals surface area contributed by atoms with Crippen LogP contribution in [0.5, 0.6) is 0 Å². The summed E-state index contributed by atoms with van der Waals surface area (Å²) < 4.78 is 4.88. The van der Waals surface area contributed by atoms with Gasteiger partial charge in [0.2, 0.25) is 0 Å². The minimum Gasteiger partial charge on any atom is -0.444 e. The Kier molecular flexibility index (Phi) is 12.2. The molecule has 1 amide bonds. The number of amides is 1. The largest absolute Gasteiger partial charge is 0.444 e. The van der Waals surface area contributed by atoms with Gasteiger partial charge in [0.1, 0.15) is 5.60 Å². The zero-order chi connectivity index (χ0) is 19.1. The predicted molar refractivity (Wildman–Crippen MR) is 104 cm³/mol. The van der Waals surface area contributed by atoms with E-state index < -0.39 is 11.7 Å². The normalized spacial score (nSPS) is 9.68. The number of ether oxygens (including phenoxy) is 1. The van der Waals surface area contributed by atoms with Crippen LogP contribution in [0, 0.1) is 6.92 Å². The van der Waals surface area contributed by atoms with Crippen LogP contribution < -0.4 is 5.32 Å². The molecule has 0 fully saturated rings. The summed E-state index contributed by atoms with van der Waals surface area (Å²) in [5.41, 5.74) is 0.849. The summed E-state index contributed by atoms with van der Waals surface area (Å²) in [5.74, 6) is 0. The number of aliphatic hydroxyl groups excluding tert-OH is 1. The molecule has 2 N–H and O–H groups in total. The lowest BCUT2D eigenvalue weighted by Crippen LogP contribution is -2.33. The Labute approximate surface area is 155 Å². The van der Waals surface area contributed by atoms with Crippen molar-refractivity contribution in [3.05, 3.63) is 71.2 Å². The number of alkyl carbamates (subject to hydrolysis) is 1. The van der Waals surface area contributed by atoms with Crippen molar-refractivity contribution < 1.29 is 14.6 Å². The van der Waals surface area contributed by atoms with Crippen LogP contribution >= 0.6 is 11.6 Å². The van der Waals surface area contributed by atoms with Crippen molar-refractivity contribution in [1.82, 2.24) is 5.32 Å². The van der Waals surface area contributed by atoms with E-state index in [0.29, 0.717) is 0 Å². The van der Waals surface area contributed by atoms with Gasteiger partial charge in [-0.2, -0.15) is 0 Å². The van der Waals surface area contributed by atoms with Crippen LogP contribution in [0.15, 0.2) is 60.7 Å². The van der Waals surface area contributed by atoms with Gasteiger partial charge in [-0.25, -0.2) is 4.79 Å². The maximum atomic E-state index is 10.8. The molecule has 0 heterocycles. The number of hydrogen-bond acceptors (Lipinski definition) is 3. The van der Waals surface area contributed by atoms with E-state index in [1.54, 1.807) is 20.8 Å². The summed E-state index contributed by atoms with van der Waals surface area (Å²) in [6, 6.07) is 19.7. The van der Waals surface area contributed by atoms with E-state index in [4.69, 9.17) is 21.4 Å². The van der Waals surface area contributed by atoms with Crippen molar-refractivity contribution >= 4 is 17.7 Å². The van der Waals surface area contributed by atoms with E-state index >= 15 is 0 Å². The number of aliphatic hydroxyl groups is 1. The average Bonchev–Trinajstić information content (AvgIpc) is 2.54. The summed E-state index contributed by atoms with van der Waals surface area (Å²) in [6.07, 6.45) is -0.494. The first-order chi connectivity index (χ1) is 11.7. The molecule has 0 saturated carbocycles. The van der Waals surface area contributed by atoms with Crippen molar-refractivity contribution in [2.75, 3.05) is 13.2 Å². The van der Waals surface area contributed by atoms with Crippen molar-refractivity contribution in [1.29, 1.82) is 0 Å². The number of aryl methyl sites for hydroxylation is 1. The number of benzene rings is 2. The number of nitrogens with one attached hydrogen (secondary N) is 1. The topological polar surface area (TPSA) is 58.6 Å². The maximum absolute atomic E-state index is 10.8. The highest BCUT2D eigenvalue weighted by Crippen LogP contribution is 2.06. The average molecular weight is 366 g/mol. The Bertz CT molecular complexity index is 531. The monoisotopic (exact) mass is 365 g/mol. The fourth-order valence-electron chi connectivity index (χ4n) is 1.42. The van der Waals surface area contributed by atoms with Gasteiger partial charge in [0.15, 0.2) is 0 Å². The molecule has 0 saturated heterocycles. The predicted octanol–water partition coefficient (Wildman–Crippen LogP) is 4.84. The molecular formula is C20H28ClNO3. The maximum Gasteiger partial charge on any atom is 0.407 e. The molecule has 2 aromatic rings. The van der Waals surface area contributed by atoms with Crippen LogP contribution in [-0.2, 0) is 4.74 Å². The van der Waals surface area contributed by atoms with E-state index in [9.17, 15) is 4.79 Å². The lowest BCUT2D eigenvalue weighted by Gasteiger charge is -2.19. The highest BCUT2D eigenvalue weighted by molar-refractivity contribution is 6.30. The van der Waals surface area contributed by atoms with Crippen molar-refractivity contribution in [3.63, 3.8) is 0 Å². The number of hydrogen-bond donors (Lipinski definition) is 2. The Morgan fingerprint density at radius 2 is 1.52 bits per heavy atom. The second kappa shape index (κ2) is 13.3. The summed E-state index contributed by atoms with van der Waals surface area (Å²) in [4.78, 5) is 10.8. The third-order valence-corrected chi connectivity index (χ3v) is 2.71. The summed E-state index contributed by atoms with van der Waals surface area (Å²) in [5, 5.41) is 11.5. The molecule has 0 aliphatic rings. The molecule has 0 atom stereocenters. The molecule has 2 rings (SSSR count). The standard InChI is InChI=1S/C7H15NO3.C7H8.C6H5Cl/c1-7(2,3)11-6(10)8-4-5-9;1-7-5-3-2-4-6-7;7-6-4-2-1-3-5-6/h9H,4-5H2,1-3H3,(H,8,10);2-6H,1H3;1-5H. The van der Waals surface area contributed by atoms with Gasteiger partial charge < -0.3 is 15.2 Å². The second-order valence-electron chi connectivity index (χ2n) is 6.10. The number of carbonyl (C=O) groups is 1. The summed E-state index contributed by atoms with van der Waals surface area (Å²) in [6.45, 7) is 7.59. The van der Waals surface area contributed by atoms with Gasteiger partial charge in [-0.05, 0) is 39.8 Å². The van der Waals surface area contributed by atoms with E-state index in [1.807, 2.05) is 48.5 Å². The first-order valence-corrected chi connectivity index (χ1v) is 8.42. The van der Waals surface area contributed by atoms with Crippen molar-refractivity contribution in [2.24, 2.45) is 0 Å². The van der Waals surface area contributed by atoms with Gasteiger partial charge in [0.05, 0.1) is 6.61 Å². The van der Waals surface area contributed by atoms with Crippen LogP contribution in [-0.4, -0.2) is 30.0 Å². The second-order valence-corrected chi connectivity index (χ2v) is 6.54. The van der Waals surface area contributed by atoms with Gasteiger partial charge in [-0.15, -0.1) is 0 Å². The molecule has 0 aromatic heterocycles. The lowest BCUT2D eigenvalue weighted by atomic mass is 10.2. The minimum atomic E-state index is -0.494. The van der Waals surface area contributed by atoms with Crippen molar-refractivity contribution in [3.8, 4) is 0 Å². The first-order valence-electron chi connectivity index (χ1n) is 8.04. The molecular weight excluding hydrogens is 338 g/mol. The Hall–Kier alpha value is -2.04. The van der Waals surface area contributed by atoms with Gasteiger partial charge >= 0.3 is 6.09 Å². The third-order valence-electron chi connectivity index (χ3n) is 2.45. The molecule has 0 bridgehead atoms. The van der Waals surface area contributed by atoms with E-state index in [-0.39, 0.29) is 13.2 Å². The van der Waals surface area contributed by atoms with Crippen LogP contribution in [0.1, 0.15) is 26.3 Å². The minimum absolute atomic E-state index is 0.0702. The molecule has 5 heteroatoms. The molecule has 0 aliphatic heterocycles. The van der Waals surface area contributed by atoms with E-state index in [0.717, 1.165) is 5.02 Å². The molecule has 4 nitrogen and oxygen atoms in total. The molecule has 25 heavy (non-hydrogen) atoms. The fraction of sp³-hybridized carbons (Fsp3) is 0.350. The van der Waals surface area contributed by atoms with Gasteiger partial charge in [0.25, 0.3) is 0 Å². The Balaban J connectivity index is 0.000000358. The zero-order valence-corrected chi connectivity index (χ0v) is 16.1. The van der Waals surface area contributed by atoms with Crippen LogP contribution in [0.25, 0.3) is 0 Å². The van der Waals surface area contributed by atoms with Gasteiger partial charge in [0, 0.05) is 11.6 Å². The highest BCUT2D eigenvalue weighted by Gasteiger charge is 2.14. The summed E-state index contributed by atoms with van der Waals surface area (Å²) >= 11 is 5.54. The molecule has 138 valence electrons. The van der Waals surface area contributed by atoms with E-state index in [1.165, 1.54) is 5.56 Å². The first kappa shape index (κ1) is 23.0. The van der Waals surface area contributed by atoms with Crippen LogP contribution in [0.2, 0.25) is 5.02 Å². The Morgan fingerprint density at radius 1 is 1.04 bits per heavy atom. The van der Waals surface area contributed by atoms with Gasteiger partial charge in [-0.3, -0.25) is 0 Å². The number of carbonyl (C=O) groups excluding carboxylic acids is 1. The number of halogens is 1. The highest BCUT2D eigenvalue weighted by atomic mass is 35.5. The SMILES string of the molecule is CC(C)(C)OC(=O)NCCO.Cc1ccccc1.Clc1ccccc1. The molecule has 0 spiro atoms. The molecule has 0 radical (unpaired) electrons. The summed E-state index contributed by atoms with van der Waals surface area (Å²) in [7, 11) is 0. The fourth-order valence-corrected chi connectivity index (χ4v) is 1.57. The smallest absolute Gasteiger partial charge is 0.407 e. The molecule has 2 aromatic carbocycles. The third kappa shape index (κ3) is 16.6. The quantitative estimate of drug-likeness (QED) is 0.800. The zero-order valence-electron chi connectivity index (χ0n) is 15.3. The lowest BCUT2D eigenvalue weighted by molar-refractivity contribution is 0.0518.